The standard InChI is InChI=1S/C122H109BN6/c1-117(2,3)85-53-49-77(50-54-85)80-65-99(83-61-87(119(7,8)9)71-88(62-83)120(10,11)12)115(101(67-80)93-38-24-23-37-79(93)75-124)128-110-73-91(126-106-45-31-26-40-95(106)96-41-27-32-46-107(96)126)57-59-103(110)123-104-60-58-92(127-108-47-33-28-42-97(108)98-43-29-34-48-109(98)127)74-111(104)129(113-70-82(69-112(128)114(113)123)76-35-21-20-22-36-76)116-100(84-63-89(121(13,14)15)72-90(64-84)122(16,17)18)66-81(78-51-55-86(56-52-78)118(4,5)6)68-102(116)94-39-25-30-44-105(94)125-19/h20-74H,1-18H3. The van der Waals surface area contributed by atoms with Gasteiger partial charge in [0, 0.05) is 77.9 Å². The fourth-order valence-corrected chi connectivity index (χ4v) is 20.1. The summed E-state index contributed by atoms with van der Waals surface area (Å²) in [5.41, 5.74) is 36.7. The van der Waals surface area contributed by atoms with Crippen LogP contribution in [0.3, 0.4) is 0 Å². The van der Waals surface area contributed by atoms with Crippen molar-refractivity contribution in [3.05, 3.63) is 384 Å². The van der Waals surface area contributed by atoms with Gasteiger partial charge in [-0.2, -0.15) is 5.26 Å². The van der Waals surface area contributed by atoms with Gasteiger partial charge in [0.05, 0.1) is 51.6 Å². The van der Waals surface area contributed by atoms with Crippen molar-refractivity contribution in [2.75, 3.05) is 9.80 Å². The molecule has 0 bridgehead atoms. The normalized spacial score (nSPS) is 13.0. The van der Waals surface area contributed by atoms with E-state index in [4.69, 9.17) is 0 Å². The van der Waals surface area contributed by atoms with Gasteiger partial charge < -0.3 is 18.9 Å². The fraction of sp³-hybridized carbons (Fsp3) is 0.197. The summed E-state index contributed by atoms with van der Waals surface area (Å²) >= 11 is 0. The minimum atomic E-state index is -0.438. The van der Waals surface area contributed by atoms with E-state index in [1.165, 1.54) is 54.9 Å². The fourth-order valence-electron chi connectivity index (χ4n) is 20.1. The molecule has 4 heterocycles. The van der Waals surface area contributed by atoms with E-state index in [1.54, 1.807) is 0 Å². The summed E-state index contributed by atoms with van der Waals surface area (Å²) in [5.74, 6) is 0. The van der Waals surface area contributed by atoms with Gasteiger partial charge in [-0.15, -0.1) is 0 Å². The summed E-state index contributed by atoms with van der Waals surface area (Å²) in [7, 11) is 0. The summed E-state index contributed by atoms with van der Waals surface area (Å²) in [6.45, 7) is 50.8. The van der Waals surface area contributed by atoms with Crippen molar-refractivity contribution in [2.45, 2.75) is 157 Å². The molecule has 0 saturated heterocycles. The van der Waals surface area contributed by atoms with Crippen LogP contribution in [0.5, 0.6) is 0 Å². The van der Waals surface area contributed by atoms with Crippen molar-refractivity contribution in [3.63, 3.8) is 0 Å². The molecule has 20 rings (SSSR count). The molecule has 0 unspecified atom stereocenters. The van der Waals surface area contributed by atoms with Gasteiger partial charge in [0.15, 0.2) is 5.69 Å². The Bertz CT molecular complexity index is 7080. The molecule has 630 valence electrons. The van der Waals surface area contributed by atoms with Gasteiger partial charge in [-0.3, -0.25) is 0 Å². The molecule has 2 aliphatic heterocycles. The minimum absolute atomic E-state index is 0.0977. The predicted octanol–water partition coefficient (Wildman–Crippen LogP) is 31.8. The van der Waals surface area contributed by atoms with Crippen molar-refractivity contribution in [2.24, 2.45) is 0 Å². The maximum absolute atomic E-state index is 12.0. The Morgan fingerprint density at radius 2 is 0.589 bits per heavy atom. The van der Waals surface area contributed by atoms with E-state index in [0.29, 0.717) is 11.3 Å². The lowest BCUT2D eigenvalue weighted by atomic mass is 9.33. The molecule has 0 radical (unpaired) electrons. The minimum Gasteiger partial charge on any atom is -0.310 e. The highest BCUT2D eigenvalue weighted by molar-refractivity contribution is 7.00. The van der Waals surface area contributed by atoms with E-state index in [0.717, 1.165) is 162 Å². The van der Waals surface area contributed by atoms with E-state index >= 15 is 0 Å². The van der Waals surface area contributed by atoms with Crippen LogP contribution in [0.1, 0.15) is 164 Å². The molecule has 0 aliphatic carbocycles. The Morgan fingerprint density at radius 1 is 0.264 bits per heavy atom. The lowest BCUT2D eigenvalue weighted by Crippen LogP contribution is -2.61. The Hall–Kier alpha value is -14.2. The Morgan fingerprint density at radius 3 is 0.969 bits per heavy atom. The van der Waals surface area contributed by atoms with Crippen molar-refractivity contribution in [3.8, 4) is 95.3 Å². The van der Waals surface area contributed by atoms with Gasteiger partial charge in [-0.1, -0.05) is 367 Å². The molecule has 0 N–H and O–H groups in total. The highest BCUT2D eigenvalue weighted by atomic mass is 15.2. The molecule has 6 nitrogen and oxygen atoms in total. The third kappa shape index (κ3) is 14.4. The van der Waals surface area contributed by atoms with Crippen LogP contribution in [0.25, 0.3) is 138 Å². The first-order valence-electron chi connectivity index (χ1n) is 45.6. The highest BCUT2D eigenvalue weighted by Crippen LogP contribution is 2.58. The highest BCUT2D eigenvalue weighted by Gasteiger charge is 2.47. The van der Waals surface area contributed by atoms with Gasteiger partial charge in [-0.05, 0) is 229 Å². The van der Waals surface area contributed by atoms with Crippen LogP contribution < -0.4 is 26.2 Å². The summed E-state index contributed by atoms with van der Waals surface area (Å²) in [6.07, 6.45) is 0. The smallest absolute Gasteiger partial charge is 0.252 e. The maximum atomic E-state index is 12.0. The molecule has 16 aromatic carbocycles. The first-order valence-corrected chi connectivity index (χ1v) is 45.6. The van der Waals surface area contributed by atoms with Crippen LogP contribution in [-0.4, -0.2) is 15.8 Å². The van der Waals surface area contributed by atoms with Crippen molar-refractivity contribution in [1.29, 1.82) is 5.26 Å². The molecule has 18 aromatic rings. The topological polar surface area (TPSA) is 44.5 Å². The van der Waals surface area contributed by atoms with Crippen molar-refractivity contribution < 1.29 is 0 Å². The van der Waals surface area contributed by atoms with Gasteiger partial charge in [0.2, 0.25) is 0 Å². The zero-order chi connectivity index (χ0) is 89.9. The van der Waals surface area contributed by atoms with Crippen LogP contribution in [0.15, 0.2) is 334 Å². The monoisotopic (exact) mass is 1670 g/mol. The summed E-state index contributed by atoms with van der Waals surface area (Å²) in [6, 6.07) is 129. The number of nitriles is 1. The van der Waals surface area contributed by atoms with Gasteiger partial charge in [-0.25, -0.2) is 4.85 Å². The largest absolute Gasteiger partial charge is 0.310 e. The molecule has 0 atom stereocenters. The zero-order valence-electron chi connectivity index (χ0n) is 77.5. The van der Waals surface area contributed by atoms with E-state index in [9.17, 15) is 11.8 Å². The second kappa shape index (κ2) is 30.8. The average molecular weight is 1670 g/mol. The molecule has 0 fully saturated rings. The molecule has 129 heavy (non-hydrogen) atoms. The number of anilines is 6. The molecule has 0 saturated carbocycles. The van der Waals surface area contributed by atoms with Crippen LogP contribution in [-0.2, 0) is 32.5 Å². The van der Waals surface area contributed by atoms with Crippen LogP contribution in [0.2, 0.25) is 0 Å². The number of benzene rings is 16. The van der Waals surface area contributed by atoms with Gasteiger partial charge in [0.25, 0.3) is 6.71 Å². The molecule has 0 spiro atoms. The Balaban J connectivity index is 1.02. The van der Waals surface area contributed by atoms with E-state index in [2.05, 4.69) is 464 Å². The predicted molar refractivity (Wildman–Crippen MR) is 550 cm³/mol. The second-order valence-corrected chi connectivity index (χ2v) is 42.0. The van der Waals surface area contributed by atoms with Crippen molar-refractivity contribution in [1.82, 2.24) is 9.13 Å². The van der Waals surface area contributed by atoms with Crippen LogP contribution in [0.4, 0.5) is 39.8 Å². The molecule has 2 aliphatic rings. The van der Waals surface area contributed by atoms with E-state index < -0.39 is 6.71 Å². The lowest BCUT2D eigenvalue weighted by molar-refractivity contribution is 0.568. The lowest BCUT2D eigenvalue weighted by Gasteiger charge is -2.46. The molecular weight excluding hydrogens is 1560 g/mol. The van der Waals surface area contributed by atoms with E-state index in [-0.39, 0.29) is 32.5 Å². The van der Waals surface area contributed by atoms with Crippen LogP contribution >= 0.6 is 0 Å². The quantitative estimate of drug-likeness (QED) is 0.0958. The number of aromatic nitrogens is 2. The maximum Gasteiger partial charge on any atom is 0.252 e. The summed E-state index contributed by atoms with van der Waals surface area (Å²) < 4.78 is 4.96. The van der Waals surface area contributed by atoms with Crippen molar-refractivity contribution >= 4 is 107 Å². The Labute approximate surface area is 762 Å². The first kappa shape index (κ1) is 83.0. The molecular formula is C122H109BN6. The summed E-state index contributed by atoms with van der Waals surface area (Å²) in [5, 5.41) is 16.7. The summed E-state index contributed by atoms with van der Waals surface area (Å²) in [4.78, 5) is 9.88. The van der Waals surface area contributed by atoms with E-state index in [1.807, 2.05) is 24.3 Å². The number of para-hydroxylation sites is 5. The molecule has 2 aromatic heterocycles. The number of hydrogen-bond donors (Lipinski definition) is 0. The molecule has 0 amide bonds. The second-order valence-electron chi connectivity index (χ2n) is 42.0. The third-order valence-electron chi connectivity index (χ3n) is 27.3. The third-order valence-corrected chi connectivity index (χ3v) is 27.3. The molecule has 7 heteroatoms. The van der Waals surface area contributed by atoms with Crippen LogP contribution in [0, 0.1) is 17.9 Å². The average Bonchev–Trinajstić information content (AvgIpc) is 1.20. The number of fused-ring (bicyclic) bond motifs is 10. The Kier molecular flexibility index (Phi) is 19.8. The van der Waals surface area contributed by atoms with Gasteiger partial charge in [0.1, 0.15) is 0 Å². The SMILES string of the molecule is [C-]#[N+]c1ccccc1-c1cc(-c2ccc(C(C)(C)C)cc2)cc(-c2cc(C(C)(C)C)cc(C(C)(C)C)c2)c1N1c2cc(-n3c4ccccc4c4ccccc43)ccc2B2c3ccc(-n4c5ccccc5c5ccccc54)cc3N(c3c(-c4cc(C(C)(C)C)cc(C(C)(C)C)c4)cc(-c4ccc(C(C)(C)C)cc4)cc3-c3ccccc3C#N)c3cc(-c4ccccc4)cc1c32. The number of rotatable bonds is 11. The van der Waals surface area contributed by atoms with Gasteiger partial charge >= 0.3 is 0 Å². The number of hydrogen-bond acceptors (Lipinski definition) is 3. The first-order chi connectivity index (χ1) is 61.7. The number of nitrogens with zero attached hydrogens (tertiary/aromatic N) is 6. The zero-order valence-corrected chi connectivity index (χ0v) is 77.5.